The van der Waals surface area contributed by atoms with Gasteiger partial charge in [0.05, 0.1) is 6.54 Å². The highest BCUT2D eigenvalue weighted by Gasteiger charge is 2.33. The van der Waals surface area contributed by atoms with Crippen molar-refractivity contribution in [1.82, 2.24) is 25.0 Å². The zero-order valence-corrected chi connectivity index (χ0v) is 14.2. The fourth-order valence-electron chi connectivity index (χ4n) is 2.02. The SMILES string of the molecule is O=C(Nc1ncn(Cc2c(Cl)cccc2Cl)n1)c1cc(C(F)(F)F)[nH]n1. The monoisotopic (exact) mass is 404 g/mol. The molecule has 0 atom stereocenters. The van der Waals surface area contributed by atoms with Gasteiger partial charge in [0.15, 0.2) is 5.69 Å². The van der Waals surface area contributed by atoms with Crippen LogP contribution in [0, 0.1) is 0 Å². The van der Waals surface area contributed by atoms with Crippen LogP contribution in [0.5, 0.6) is 0 Å². The maximum atomic E-state index is 12.5. The normalized spacial score (nSPS) is 11.6. The van der Waals surface area contributed by atoms with E-state index in [0.29, 0.717) is 21.7 Å². The van der Waals surface area contributed by atoms with E-state index in [2.05, 4.69) is 20.5 Å². The quantitative estimate of drug-likeness (QED) is 0.694. The van der Waals surface area contributed by atoms with Crippen LogP contribution in [0.3, 0.4) is 0 Å². The first-order valence-electron chi connectivity index (χ1n) is 7.00. The number of hydrogen-bond acceptors (Lipinski definition) is 4. The summed E-state index contributed by atoms with van der Waals surface area (Å²) in [6, 6.07) is 5.62. The number of aromatic nitrogens is 5. The molecule has 1 amide bonds. The molecule has 2 N–H and O–H groups in total. The van der Waals surface area contributed by atoms with Crippen LogP contribution in [0.1, 0.15) is 21.7 Å². The van der Waals surface area contributed by atoms with E-state index in [1.165, 1.54) is 11.0 Å². The Morgan fingerprint density at radius 1 is 1.27 bits per heavy atom. The number of benzene rings is 1. The first kappa shape index (κ1) is 18.2. The molecule has 0 bridgehead atoms. The van der Waals surface area contributed by atoms with Crippen molar-refractivity contribution in [3.05, 3.63) is 57.6 Å². The number of amides is 1. The predicted molar refractivity (Wildman–Crippen MR) is 87.1 cm³/mol. The third-order valence-corrected chi connectivity index (χ3v) is 3.97. The minimum atomic E-state index is -4.63. The molecule has 7 nitrogen and oxygen atoms in total. The van der Waals surface area contributed by atoms with E-state index in [4.69, 9.17) is 23.2 Å². The highest BCUT2D eigenvalue weighted by Crippen LogP contribution is 2.28. The number of H-pyrrole nitrogens is 1. The van der Waals surface area contributed by atoms with Gasteiger partial charge in [0, 0.05) is 21.7 Å². The third kappa shape index (κ3) is 3.97. The van der Waals surface area contributed by atoms with Gasteiger partial charge in [-0.3, -0.25) is 15.2 Å². The number of aromatic amines is 1. The number of alkyl halides is 3. The zero-order chi connectivity index (χ0) is 18.9. The van der Waals surface area contributed by atoms with E-state index < -0.39 is 23.5 Å². The molecule has 0 saturated carbocycles. The fourth-order valence-corrected chi connectivity index (χ4v) is 2.54. The van der Waals surface area contributed by atoms with E-state index in [9.17, 15) is 18.0 Å². The standard InChI is InChI=1S/C14H9Cl2F3N6O/c15-8-2-1-3-9(16)7(8)5-25-6-20-13(24-25)21-12(26)10-4-11(23-22-10)14(17,18)19/h1-4,6H,5H2,(H,22,23)(H,21,24,26). The van der Waals surface area contributed by atoms with Crippen molar-refractivity contribution in [2.75, 3.05) is 5.32 Å². The van der Waals surface area contributed by atoms with Crippen LogP contribution in [0.2, 0.25) is 10.0 Å². The first-order chi connectivity index (χ1) is 12.2. The van der Waals surface area contributed by atoms with Gasteiger partial charge >= 0.3 is 6.18 Å². The van der Waals surface area contributed by atoms with Crippen molar-refractivity contribution in [2.45, 2.75) is 12.7 Å². The van der Waals surface area contributed by atoms with E-state index in [0.717, 1.165) is 0 Å². The number of carbonyl (C=O) groups is 1. The summed E-state index contributed by atoms with van der Waals surface area (Å²) in [5, 5.41) is 12.2. The van der Waals surface area contributed by atoms with Crippen LogP contribution in [0.25, 0.3) is 0 Å². The zero-order valence-electron chi connectivity index (χ0n) is 12.7. The third-order valence-electron chi connectivity index (χ3n) is 3.26. The van der Waals surface area contributed by atoms with Gasteiger partial charge in [-0.1, -0.05) is 29.3 Å². The lowest BCUT2D eigenvalue weighted by atomic mass is 10.2. The Morgan fingerprint density at radius 2 is 1.96 bits per heavy atom. The second-order valence-corrected chi connectivity index (χ2v) is 5.90. The van der Waals surface area contributed by atoms with Gasteiger partial charge in [0.2, 0.25) is 5.95 Å². The number of nitrogens with zero attached hydrogens (tertiary/aromatic N) is 4. The summed E-state index contributed by atoms with van der Waals surface area (Å²) in [6.45, 7) is 0.196. The molecule has 3 rings (SSSR count). The molecule has 0 spiro atoms. The minimum Gasteiger partial charge on any atom is -0.288 e. The molecule has 136 valence electrons. The van der Waals surface area contributed by atoms with Crippen LogP contribution in [0.15, 0.2) is 30.6 Å². The molecular weight excluding hydrogens is 396 g/mol. The van der Waals surface area contributed by atoms with Crippen molar-refractivity contribution >= 4 is 35.1 Å². The average Bonchev–Trinajstić information content (AvgIpc) is 3.20. The number of halogens is 5. The van der Waals surface area contributed by atoms with Crippen LogP contribution in [-0.4, -0.2) is 30.9 Å². The molecule has 0 unspecified atom stereocenters. The molecule has 0 saturated heterocycles. The highest BCUT2D eigenvalue weighted by atomic mass is 35.5. The number of anilines is 1. The molecule has 0 aliphatic heterocycles. The topological polar surface area (TPSA) is 88.5 Å². The Kier molecular flexibility index (Phi) is 4.88. The molecule has 0 aliphatic rings. The molecular formula is C14H9Cl2F3N6O. The second-order valence-electron chi connectivity index (χ2n) is 5.08. The Hall–Kier alpha value is -2.59. The van der Waals surface area contributed by atoms with E-state index >= 15 is 0 Å². The van der Waals surface area contributed by atoms with Crippen LogP contribution >= 0.6 is 23.2 Å². The second kappa shape index (κ2) is 6.96. The van der Waals surface area contributed by atoms with Gasteiger partial charge in [-0.05, 0) is 12.1 Å². The molecule has 26 heavy (non-hydrogen) atoms. The number of nitrogens with one attached hydrogen (secondary N) is 2. The Labute approximate surface area is 154 Å². The number of carbonyl (C=O) groups excluding carboxylic acids is 1. The average molecular weight is 405 g/mol. The van der Waals surface area contributed by atoms with Crippen LogP contribution in [-0.2, 0) is 12.7 Å². The molecule has 1 aromatic carbocycles. The lowest BCUT2D eigenvalue weighted by Gasteiger charge is -2.06. The largest absolute Gasteiger partial charge is 0.432 e. The van der Waals surface area contributed by atoms with Gasteiger partial charge in [0.1, 0.15) is 12.0 Å². The molecule has 0 fully saturated rings. The summed E-state index contributed by atoms with van der Waals surface area (Å²) in [4.78, 5) is 15.8. The maximum Gasteiger partial charge on any atom is 0.432 e. The van der Waals surface area contributed by atoms with Gasteiger partial charge in [-0.2, -0.15) is 18.3 Å². The maximum absolute atomic E-state index is 12.5. The van der Waals surface area contributed by atoms with Crippen molar-refractivity contribution in [2.24, 2.45) is 0 Å². The summed E-state index contributed by atoms with van der Waals surface area (Å²) in [6.07, 6.45) is -3.31. The molecule has 0 aliphatic carbocycles. The molecule has 3 aromatic rings. The lowest BCUT2D eigenvalue weighted by Crippen LogP contribution is -2.14. The van der Waals surface area contributed by atoms with Gasteiger partial charge in [-0.15, -0.1) is 5.10 Å². The summed E-state index contributed by atoms with van der Waals surface area (Å²) >= 11 is 12.1. The smallest absolute Gasteiger partial charge is 0.288 e. The number of rotatable bonds is 4. The van der Waals surface area contributed by atoms with E-state index in [-0.39, 0.29) is 12.5 Å². The Morgan fingerprint density at radius 3 is 2.58 bits per heavy atom. The van der Waals surface area contributed by atoms with Crippen LogP contribution < -0.4 is 5.32 Å². The van der Waals surface area contributed by atoms with Crippen LogP contribution in [0.4, 0.5) is 19.1 Å². The Bertz CT molecular complexity index is 932. The highest BCUT2D eigenvalue weighted by molar-refractivity contribution is 6.35. The lowest BCUT2D eigenvalue weighted by molar-refractivity contribution is -0.141. The summed E-state index contributed by atoms with van der Waals surface area (Å²) in [5.74, 6) is -0.986. The van der Waals surface area contributed by atoms with Crippen molar-refractivity contribution in [3.63, 3.8) is 0 Å². The van der Waals surface area contributed by atoms with Gasteiger partial charge < -0.3 is 0 Å². The number of hydrogen-bond donors (Lipinski definition) is 2. The fraction of sp³-hybridized carbons (Fsp3) is 0.143. The van der Waals surface area contributed by atoms with E-state index in [1.807, 2.05) is 0 Å². The first-order valence-corrected chi connectivity index (χ1v) is 7.76. The molecule has 2 heterocycles. The van der Waals surface area contributed by atoms with Crippen molar-refractivity contribution < 1.29 is 18.0 Å². The van der Waals surface area contributed by atoms with Crippen molar-refractivity contribution in [1.29, 1.82) is 0 Å². The molecule has 12 heteroatoms. The van der Waals surface area contributed by atoms with Gasteiger partial charge in [0.25, 0.3) is 5.91 Å². The predicted octanol–water partition coefficient (Wildman–Crippen LogP) is 3.63. The summed E-state index contributed by atoms with van der Waals surface area (Å²) < 4.78 is 38.9. The van der Waals surface area contributed by atoms with Gasteiger partial charge in [-0.25, -0.2) is 9.67 Å². The summed E-state index contributed by atoms with van der Waals surface area (Å²) in [5.41, 5.74) is -0.960. The molecule has 0 radical (unpaired) electrons. The molecule has 2 aromatic heterocycles. The Balaban J connectivity index is 1.70. The van der Waals surface area contributed by atoms with E-state index in [1.54, 1.807) is 23.3 Å². The van der Waals surface area contributed by atoms with Crippen molar-refractivity contribution in [3.8, 4) is 0 Å². The minimum absolute atomic E-state index is 0.102. The summed E-state index contributed by atoms with van der Waals surface area (Å²) in [7, 11) is 0.